The Morgan fingerprint density at radius 2 is 2.46 bits per heavy atom. The van der Waals surface area contributed by atoms with Crippen LogP contribution in [0, 0.1) is 18.3 Å². The largest absolute Gasteiger partial charge is 0.334 e. The molecule has 13 heavy (non-hydrogen) atoms. The van der Waals surface area contributed by atoms with E-state index in [9.17, 15) is 9.59 Å². The van der Waals surface area contributed by atoms with Gasteiger partial charge in [-0.3, -0.25) is 9.59 Å². The van der Waals surface area contributed by atoms with Crippen LogP contribution < -0.4 is 0 Å². The summed E-state index contributed by atoms with van der Waals surface area (Å²) < 4.78 is 0. The highest BCUT2D eigenvalue weighted by Crippen LogP contribution is 2.22. The van der Waals surface area contributed by atoms with Gasteiger partial charge in [-0.1, -0.05) is 5.92 Å². The first-order chi connectivity index (χ1) is 6.16. The van der Waals surface area contributed by atoms with Gasteiger partial charge < -0.3 is 4.90 Å². The predicted octanol–water partition coefficient (Wildman–Crippen LogP) is 0.447. The minimum atomic E-state index is -0.418. The molecular weight excluding hydrogens is 166 g/mol. The summed E-state index contributed by atoms with van der Waals surface area (Å²) in [5.41, 5.74) is 0. The molecule has 0 N–H and O–H groups in total. The van der Waals surface area contributed by atoms with E-state index in [1.54, 1.807) is 7.05 Å². The molecule has 1 rings (SSSR count). The molecule has 1 amide bonds. The number of amides is 1. The molecule has 1 saturated carbocycles. The van der Waals surface area contributed by atoms with Crippen LogP contribution in [-0.2, 0) is 9.59 Å². The standard InChI is InChI=1S/C10H13NO2/c1-3-7-11(2)10(13)8-5-4-6-9(8)12/h1,8H,4-7H2,2H3. The fourth-order valence-corrected chi connectivity index (χ4v) is 1.56. The van der Waals surface area contributed by atoms with Gasteiger partial charge >= 0.3 is 0 Å². The molecule has 70 valence electrons. The van der Waals surface area contributed by atoms with E-state index in [4.69, 9.17) is 6.42 Å². The summed E-state index contributed by atoms with van der Waals surface area (Å²) in [6.07, 6.45) is 7.13. The second-order valence-electron chi connectivity index (χ2n) is 3.31. The van der Waals surface area contributed by atoms with Crippen molar-refractivity contribution in [3.8, 4) is 12.3 Å². The van der Waals surface area contributed by atoms with Gasteiger partial charge in [0.25, 0.3) is 0 Å². The Morgan fingerprint density at radius 1 is 1.77 bits per heavy atom. The molecule has 3 nitrogen and oxygen atoms in total. The Labute approximate surface area is 78.1 Å². The number of Topliss-reactive ketones (excluding diaryl/α,β-unsaturated/α-hetero) is 1. The monoisotopic (exact) mass is 179 g/mol. The topological polar surface area (TPSA) is 37.4 Å². The molecule has 0 aliphatic heterocycles. The van der Waals surface area contributed by atoms with Crippen LogP contribution in [0.15, 0.2) is 0 Å². The zero-order chi connectivity index (χ0) is 9.84. The van der Waals surface area contributed by atoms with Gasteiger partial charge in [-0.15, -0.1) is 6.42 Å². The Hall–Kier alpha value is -1.30. The summed E-state index contributed by atoms with van der Waals surface area (Å²) in [6.45, 7) is 0.280. The number of rotatable bonds is 2. The Balaban J connectivity index is 2.57. The molecule has 1 aliphatic carbocycles. The van der Waals surface area contributed by atoms with Crippen LogP contribution in [0.1, 0.15) is 19.3 Å². The maximum Gasteiger partial charge on any atom is 0.233 e. The SMILES string of the molecule is C#CCN(C)C(=O)C1CCCC1=O. The van der Waals surface area contributed by atoms with Gasteiger partial charge in [0, 0.05) is 13.5 Å². The first-order valence-electron chi connectivity index (χ1n) is 4.38. The summed E-state index contributed by atoms with van der Waals surface area (Å²) in [5.74, 6) is 1.90. The van der Waals surface area contributed by atoms with Gasteiger partial charge in [0.05, 0.1) is 12.5 Å². The number of ketones is 1. The van der Waals surface area contributed by atoms with Crippen molar-refractivity contribution in [3.05, 3.63) is 0 Å². The second-order valence-corrected chi connectivity index (χ2v) is 3.31. The molecule has 0 aromatic rings. The molecule has 0 radical (unpaired) electrons. The molecule has 0 heterocycles. The number of hydrogen-bond donors (Lipinski definition) is 0. The average molecular weight is 179 g/mol. The number of carbonyl (C=O) groups excluding carboxylic acids is 2. The molecule has 0 aromatic carbocycles. The lowest BCUT2D eigenvalue weighted by atomic mass is 10.1. The molecule has 0 saturated heterocycles. The number of hydrogen-bond acceptors (Lipinski definition) is 2. The van der Waals surface area contributed by atoms with E-state index in [1.165, 1.54) is 4.90 Å². The fourth-order valence-electron chi connectivity index (χ4n) is 1.56. The maximum absolute atomic E-state index is 11.6. The molecule has 0 aromatic heterocycles. The molecule has 1 aliphatic rings. The van der Waals surface area contributed by atoms with Crippen LogP contribution in [0.25, 0.3) is 0 Å². The highest BCUT2D eigenvalue weighted by Gasteiger charge is 2.32. The molecule has 3 heteroatoms. The van der Waals surface area contributed by atoms with Crippen molar-refractivity contribution in [3.63, 3.8) is 0 Å². The normalized spacial score (nSPS) is 21.2. The summed E-state index contributed by atoms with van der Waals surface area (Å²) in [5, 5.41) is 0. The Kier molecular flexibility index (Phi) is 3.07. The summed E-state index contributed by atoms with van der Waals surface area (Å²) in [7, 11) is 1.63. The third-order valence-corrected chi connectivity index (χ3v) is 2.31. The number of nitrogens with zero attached hydrogens (tertiary/aromatic N) is 1. The van der Waals surface area contributed by atoms with Crippen molar-refractivity contribution in [1.29, 1.82) is 0 Å². The predicted molar refractivity (Wildman–Crippen MR) is 48.8 cm³/mol. The lowest BCUT2D eigenvalue weighted by Gasteiger charge is -2.17. The van der Waals surface area contributed by atoms with Crippen molar-refractivity contribution < 1.29 is 9.59 Å². The second kappa shape index (κ2) is 4.08. The number of carbonyl (C=O) groups is 2. The van der Waals surface area contributed by atoms with E-state index < -0.39 is 5.92 Å². The summed E-state index contributed by atoms with van der Waals surface area (Å²) in [4.78, 5) is 24.2. The Morgan fingerprint density at radius 3 is 2.92 bits per heavy atom. The molecule has 0 spiro atoms. The van der Waals surface area contributed by atoms with Gasteiger partial charge in [0.2, 0.25) is 5.91 Å². The van der Waals surface area contributed by atoms with Gasteiger partial charge in [-0.05, 0) is 12.8 Å². The van der Waals surface area contributed by atoms with Gasteiger partial charge in [-0.2, -0.15) is 0 Å². The minimum absolute atomic E-state index is 0.0638. The lowest BCUT2D eigenvalue weighted by molar-refractivity contribution is -0.138. The molecule has 0 bridgehead atoms. The van der Waals surface area contributed by atoms with Crippen LogP contribution in [-0.4, -0.2) is 30.2 Å². The van der Waals surface area contributed by atoms with E-state index in [-0.39, 0.29) is 18.2 Å². The maximum atomic E-state index is 11.6. The van der Waals surface area contributed by atoms with Crippen molar-refractivity contribution in [1.82, 2.24) is 4.90 Å². The third kappa shape index (κ3) is 2.09. The van der Waals surface area contributed by atoms with Crippen molar-refractivity contribution in [2.45, 2.75) is 19.3 Å². The summed E-state index contributed by atoms with van der Waals surface area (Å²) >= 11 is 0. The van der Waals surface area contributed by atoms with Gasteiger partial charge in [0.1, 0.15) is 5.78 Å². The van der Waals surface area contributed by atoms with Crippen LogP contribution in [0.4, 0.5) is 0 Å². The van der Waals surface area contributed by atoms with E-state index in [0.29, 0.717) is 12.8 Å². The number of terminal acetylenes is 1. The minimum Gasteiger partial charge on any atom is -0.334 e. The van der Waals surface area contributed by atoms with E-state index in [1.807, 2.05) is 0 Å². The Bertz CT molecular complexity index is 265. The van der Waals surface area contributed by atoms with E-state index in [2.05, 4.69) is 5.92 Å². The highest BCUT2D eigenvalue weighted by atomic mass is 16.2. The smallest absolute Gasteiger partial charge is 0.233 e. The average Bonchev–Trinajstić information content (AvgIpc) is 2.50. The zero-order valence-corrected chi connectivity index (χ0v) is 7.75. The third-order valence-electron chi connectivity index (χ3n) is 2.31. The van der Waals surface area contributed by atoms with Crippen LogP contribution in [0.2, 0.25) is 0 Å². The van der Waals surface area contributed by atoms with E-state index >= 15 is 0 Å². The highest BCUT2D eigenvalue weighted by molar-refractivity contribution is 6.02. The quantitative estimate of drug-likeness (QED) is 0.456. The fraction of sp³-hybridized carbons (Fsp3) is 0.600. The molecule has 1 atom stereocenters. The van der Waals surface area contributed by atoms with Crippen molar-refractivity contribution in [2.75, 3.05) is 13.6 Å². The van der Waals surface area contributed by atoms with Crippen LogP contribution in [0.3, 0.4) is 0 Å². The summed E-state index contributed by atoms with van der Waals surface area (Å²) in [6, 6.07) is 0. The van der Waals surface area contributed by atoms with Gasteiger partial charge in [0.15, 0.2) is 0 Å². The van der Waals surface area contributed by atoms with Crippen molar-refractivity contribution in [2.24, 2.45) is 5.92 Å². The molecule has 1 fully saturated rings. The first-order valence-corrected chi connectivity index (χ1v) is 4.38. The van der Waals surface area contributed by atoms with Crippen LogP contribution in [0.5, 0.6) is 0 Å². The van der Waals surface area contributed by atoms with Crippen LogP contribution >= 0.6 is 0 Å². The lowest BCUT2D eigenvalue weighted by Crippen LogP contribution is -2.34. The molecule has 1 unspecified atom stereocenters. The molecular formula is C10H13NO2. The van der Waals surface area contributed by atoms with Crippen molar-refractivity contribution >= 4 is 11.7 Å². The van der Waals surface area contributed by atoms with E-state index in [0.717, 1.165) is 6.42 Å². The van der Waals surface area contributed by atoms with Gasteiger partial charge in [-0.25, -0.2) is 0 Å². The first kappa shape index (κ1) is 9.79. The zero-order valence-electron chi connectivity index (χ0n) is 7.75.